The lowest BCUT2D eigenvalue weighted by Crippen LogP contribution is -2.41. The summed E-state index contributed by atoms with van der Waals surface area (Å²) in [7, 11) is -26.2. The maximum absolute atomic E-state index is 11.8. The fourth-order valence-corrected chi connectivity index (χ4v) is 10.7. The summed E-state index contributed by atoms with van der Waals surface area (Å²) in [5.41, 5.74) is 0. The topological polar surface area (TPSA) is 185 Å². The summed E-state index contributed by atoms with van der Waals surface area (Å²) in [4.78, 5) is 0. The molecule has 162 valence electrons. The molecule has 15 nitrogen and oxygen atoms in total. The van der Waals surface area contributed by atoms with E-state index in [1.54, 1.807) is 0 Å². The number of hydrogen-bond donors (Lipinski definition) is 0. The van der Waals surface area contributed by atoms with Gasteiger partial charge in [0.1, 0.15) is 0 Å². The van der Waals surface area contributed by atoms with E-state index in [1.165, 1.54) is 0 Å². The van der Waals surface area contributed by atoms with Gasteiger partial charge in [0.15, 0.2) is 0 Å². The molecule has 1 saturated heterocycles. The van der Waals surface area contributed by atoms with E-state index in [4.69, 9.17) is 0 Å². The second-order valence-electron chi connectivity index (χ2n) is 6.13. The molecule has 27 heavy (non-hydrogen) atoms. The van der Waals surface area contributed by atoms with Crippen LogP contribution in [0.2, 0.25) is 39.3 Å². The summed E-state index contributed by atoms with van der Waals surface area (Å²) in [6, 6.07) is 0. The quantitative estimate of drug-likeness (QED) is 0.306. The van der Waals surface area contributed by atoms with Crippen LogP contribution in [0.15, 0.2) is 0 Å². The van der Waals surface area contributed by atoms with Crippen LogP contribution in [0, 0.1) is 0 Å². The van der Waals surface area contributed by atoms with Crippen molar-refractivity contribution in [3.63, 3.8) is 0 Å². The monoisotopic (exact) mass is 510 g/mol. The highest BCUT2D eigenvalue weighted by Crippen LogP contribution is 2.22. The largest absolute Gasteiger partial charge is 0.418 e. The lowest BCUT2D eigenvalue weighted by atomic mass is 11.9. The maximum atomic E-state index is 11.8. The lowest BCUT2D eigenvalue weighted by molar-refractivity contribution is -0.141. The van der Waals surface area contributed by atoms with Crippen molar-refractivity contribution in [2.45, 2.75) is 39.3 Å². The van der Waals surface area contributed by atoms with E-state index >= 15 is 0 Å². The molecule has 21 heteroatoms. The van der Waals surface area contributed by atoms with E-state index in [0.29, 0.717) is 0 Å². The predicted octanol–water partition coefficient (Wildman–Crippen LogP) is -0.266. The zero-order chi connectivity index (χ0) is 21.4. The smallest absolute Gasteiger partial charge is 0.259 e. The molecule has 1 heterocycles. The first-order chi connectivity index (χ1) is 11.7. The van der Waals surface area contributed by atoms with Crippen LogP contribution >= 0.6 is 0 Å². The molecule has 0 aromatic heterocycles. The van der Waals surface area contributed by atoms with Crippen molar-refractivity contribution < 1.29 is 63.6 Å². The molecule has 1 aliphatic heterocycles. The molecule has 1 aliphatic rings. The molecule has 0 aromatic carbocycles. The zero-order valence-corrected chi connectivity index (χ0v) is 20.3. The Morgan fingerprint density at radius 2 is 0.630 bits per heavy atom. The summed E-state index contributed by atoms with van der Waals surface area (Å²) in [5, 5.41) is 0. The summed E-state index contributed by atoms with van der Waals surface area (Å²) in [6.45, 7) is 6.54. The summed E-state index contributed by atoms with van der Waals surface area (Å²) in [5.74, 6) is 0. The van der Waals surface area contributed by atoms with Crippen LogP contribution in [0.25, 0.3) is 0 Å². The van der Waals surface area contributed by atoms with E-state index < -0.39 is 56.9 Å². The zero-order valence-electron chi connectivity index (χ0n) is 14.8. The molecule has 0 aliphatic carbocycles. The highest BCUT2D eigenvalue weighted by molar-refractivity contribution is 7.83. The Morgan fingerprint density at radius 3 is 0.815 bits per heavy atom. The van der Waals surface area contributed by atoms with Crippen LogP contribution in [0.4, 0.5) is 0 Å². The molecule has 0 amide bonds. The van der Waals surface area contributed by atoms with Crippen LogP contribution in [-0.2, 0) is 69.5 Å². The standard InChI is InChI=1S/C6H18O15S3Si3/c1-25(2)16-13-23(9,10)20-27(5,6)18-15-24(11,12)21-26(3,4)17-14-22(7,8)19-25/h1-6H3. The van der Waals surface area contributed by atoms with Gasteiger partial charge in [-0.05, 0) is 39.3 Å². The molecule has 0 bridgehead atoms. The van der Waals surface area contributed by atoms with Crippen molar-refractivity contribution in [2.75, 3.05) is 0 Å². The SMILES string of the molecule is C[Si]1(C)OOS(=O)(=O)O[Si](C)(C)OOS(=O)(=O)O[Si](C)(C)OOS(=O)(=O)O1. The van der Waals surface area contributed by atoms with Crippen LogP contribution < -0.4 is 0 Å². The molecular weight excluding hydrogens is 493 g/mol. The first-order valence-corrected chi connectivity index (χ1v) is 19.2. The van der Waals surface area contributed by atoms with Gasteiger partial charge in [-0.1, -0.05) is 13.0 Å². The Balaban J connectivity index is 3.22. The fraction of sp³-hybridized carbons (Fsp3) is 1.00. The molecule has 0 radical (unpaired) electrons. The van der Waals surface area contributed by atoms with Gasteiger partial charge in [0.25, 0.3) is 0 Å². The van der Waals surface area contributed by atoms with Gasteiger partial charge in [0.05, 0.1) is 0 Å². The molecule has 0 aromatic rings. The van der Waals surface area contributed by atoms with Crippen molar-refractivity contribution in [1.29, 1.82) is 0 Å². The third-order valence-electron chi connectivity index (χ3n) is 1.86. The Hall–Kier alpha value is 0.141. The van der Waals surface area contributed by atoms with Gasteiger partial charge in [-0.3, -0.25) is 11.6 Å². The average Bonchev–Trinajstić information content (AvgIpc) is 2.38. The van der Waals surface area contributed by atoms with Crippen molar-refractivity contribution >= 4 is 56.9 Å². The molecule has 0 N–H and O–H groups in total. The maximum Gasteiger partial charge on any atom is 0.418 e. The Bertz CT molecular complexity index is 729. The van der Waals surface area contributed by atoms with E-state index in [9.17, 15) is 25.3 Å². The average molecular weight is 511 g/mol. The Kier molecular flexibility index (Phi) is 7.56. The third kappa shape index (κ3) is 9.94. The predicted molar refractivity (Wildman–Crippen MR) is 89.0 cm³/mol. The van der Waals surface area contributed by atoms with Gasteiger partial charge < -0.3 is 0 Å². The summed E-state index contributed by atoms with van der Waals surface area (Å²) >= 11 is 0. The Morgan fingerprint density at radius 1 is 0.444 bits per heavy atom. The fourth-order valence-electron chi connectivity index (χ4n) is 1.19. The van der Waals surface area contributed by atoms with E-state index in [-0.39, 0.29) is 0 Å². The van der Waals surface area contributed by atoms with Gasteiger partial charge >= 0.3 is 56.9 Å². The lowest BCUT2D eigenvalue weighted by Gasteiger charge is -2.21. The van der Waals surface area contributed by atoms with Gasteiger partial charge in [-0.2, -0.15) is 25.3 Å². The highest BCUT2D eigenvalue weighted by atomic mass is 32.3. The first kappa shape index (κ1) is 25.2. The van der Waals surface area contributed by atoms with E-state index in [1.807, 2.05) is 0 Å². The number of hydrogen-bond acceptors (Lipinski definition) is 15. The molecule has 0 unspecified atom stereocenters. The van der Waals surface area contributed by atoms with Crippen molar-refractivity contribution in [3.8, 4) is 0 Å². The summed E-state index contributed by atoms with van der Waals surface area (Å²) in [6.07, 6.45) is 0. The van der Waals surface area contributed by atoms with Gasteiger partial charge in [0.2, 0.25) is 0 Å². The van der Waals surface area contributed by atoms with Gasteiger partial charge in [0, 0.05) is 0 Å². The van der Waals surface area contributed by atoms with Crippen LogP contribution in [-0.4, -0.2) is 50.9 Å². The molecule has 0 atom stereocenters. The minimum absolute atomic E-state index is 1.09. The summed E-state index contributed by atoms with van der Waals surface area (Å²) < 4.78 is 110. The third-order valence-corrected chi connectivity index (χ3v) is 11.6. The molecular formula is C6H18O15S3Si3. The first-order valence-electron chi connectivity index (χ1n) is 6.72. The number of rotatable bonds is 0. The van der Waals surface area contributed by atoms with Crippen molar-refractivity contribution in [3.05, 3.63) is 0 Å². The van der Waals surface area contributed by atoms with Crippen molar-refractivity contribution in [2.24, 2.45) is 0 Å². The minimum atomic E-state index is -4.92. The van der Waals surface area contributed by atoms with Crippen LogP contribution in [0.5, 0.6) is 0 Å². The molecule has 1 fully saturated rings. The van der Waals surface area contributed by atoms with Crippen LogP contribution in [0.1, 0.15) is 0 Å². The molecule has 0 saturated carbocycles. The highest BCUT2D eigenvalue weighted by Gasteiger charge is 2.44. The van der Waals surface area contributed by atoms with Gasteiger partial charge in [-0.25, -0.2) is 13.7 Å². The molecule has 1 rings (SSSR count). The van der Waals surface area contributed by atoms with E-state index in [2.05, 4.69) is 38.3 Å². The van der Waals surface area contributed by atoms with Gasteiger partial charge in [-0.15, -0.1) is 0 Å². The minimum Gasteiger partial charge on any atom is -0.259 e. The normalized spacial score (nSPS) is 30.4. The second-order valence-corrected chi connectivity index (χ2v) is 19.9. The van der Waals surface area contributed by atoms with Crippen LogP contribution in [0.3, 0.4) is 0 Å². The molecule has 0 spiro atoms. The Labute approximate surface area is 159 Å². The second kappa shape index (κ2) is 8.11. The van der Waals surface area contributed by atoms with Crippen molar-refractivity contribution in [1.82, 2.24) is 0 Å². The van der Waals surface area contributed by atoms with E-state index in [0.717, 1.165) is 39.3 Å².